The van der Waals surface area contributed by atoms with Crippen LogP contribution in [0.3, 0.4) is 0 Å². The molecule has 1 fully saturated rings. The SMILES string of the molecule is Cc1ccn(CCC(=O)N[C@@H](c2cnc3ccccc3c2)C2CC(O)C2)n1. The van der Waals surface area contributed by atoms with Crippen molar-refractivity contribution in [2.75, 3.05) is 0 Å². The summed E-state index contributed by atoms with van der Waals surface area (Å²) in [4.78, 5) is 17.1. The number of hydrogen-bond acceptors (Lipinski definition) is 4. The number of fused-ring (bicyclic) bond motifs is 1. The number of hydrogen-bond donors (Lipinski definition) is 2. The zero-order valence-corrected chi connectivity index (χ0v) is 15.4. The molecule has 4 rings (SSSR count). The molecule has 0 spiro atoms. The quantitative estimate of drug-likeness (QED) is 0.705. The van der Waals surface area contributed by atoms with Crippen molar-refractivity contribution < 1.29 is 9.90 Å². The number of nitrogens with zero attached hydrogens (tertiary/aromatic N) is 3. The molecular weight excluding hydrogens is 340 g/mol. The standard InChI is InChI=1S/C21H24N4O2/c1-14-6-8-25(24-14)9-7-20(27)23-21(16-11-18(26)12-16)17-10-15-4-2-3-5-19(15)22-13-17/h2-6,8,10,13,16,18,21,26H,7,9,11-12H2,1H3,(H,23,27)/t16?,18?,21-/m1/s1. The van der Waals surface area contributed by atoms with E-state index < -0.39 is 0 Å². The summed E-state index contributed by atoms with van der Waals surface area (Å²) in [6, 6.07) is 11.9. The van der Waals surface area contributed by atoms with Crippen molar-refractivity contribution in [2.24, 2.45) is 5.92 Å². The molecule has 27 heavy (non-hydrogen) atoms. The molecule has 2 aromatic heterocycles. The van der Waals surface area contributed by atoms with Crippen LogP contribution < -0.4 is 5.32 Å². The lowest BCUT2D eigenvalue weighted by Gasteiger charge is -2.38. The summed E-state index contributed by atoms with van der Waals surface area (Å²) in [5.41, 5.74) is 2.88. The van der Waals surface area contributed by atoms with Gasteiger partial charge in [0.05, 0.1) is 23.4 Å². The van der Waals surface area contributed by atoms with Gasteiger partial charge in [0.15, 0.2) is 0 Å². The molecule has 1 aromatic carbocycles. The van der Waals surface area contributed by atoms with Gasteiger partial charge in [0, 0.05) is 30.7 Å². The van der Waals surface area contributed by atoms with Crippen molar-refractivity contribution in [3.63, 3.8) is 0 Å². The van der Waals surface area contributed by atoms with Gasteiger partial charge in [-0.25, -0.2) is 0 Å². The van der Waals surface area contributed by atoms with E-state index in [0.717, 1.165) is 22.2 Å². The van der Waals surface area contributed by atoms with Crippen LogP contribution in [0.25, 0.3) is 10.9 Å². The molecule has 6 nitrogen and oxygen atoms in total. The Bertz CT molecular complexity index is 946. The van der Waals surface area contributed by atoms with Gasteiger partial charge in [-0.1, -0.05) is 18.2 Å². The molecule has 1 saturated carbocycles. The Hall–Kier alpha value is -2.73. The number of para-hydroxylation sites is 1. The molecule has 1 aliphatic rings. The number of pyridine rings is 1. The number of aryl methyl sites for hydroxylation is 2. The van der Waals surface area contributed by atoms with E-state index >= 15 is 0 Å². The molecule has 0 unspecified atom stereocenters. The highest BCUT2D eigenvalue weighted by molar-refractivity contribution is 5.80. The highest BCUT2D eigenvalue weighted by Gasteiger charge is 2.35. The lowest BCUT2D eigenvalue weighted by molar-refractivity contribution is -0.123. The van der Waals surface area contributed by atoms with Gasteiger partial charge in [0.2, 0.25) is 5.91 Å². The molecule has 0 aliphatic heterocycles. The second-order valence-corrected chi connectivity index (χ2v) is 7.36. The Morgan fingerprint density at radius 2 is 2.15 bits per heavy atom. The molecule has 0 bridgehead atoms. The van der Waals surface area contributed by atoms with Crippen LogP contribution in [-0.2, 0) is 11.3 Å². The molecule has 0 saturated heterocycles. The number of rotatable bonds is 6. The van der Waals surface area contributed by atoms with Crippen LogP contribution in [0, 0.1) is 12.8 Å². The lowest BCUT2D eigenvalue weighted by atomic mass is 9.75. The summed E-state index contributed by atoms with van der Waals surface area (Å²) in [5.74, 6) is 0.224. The normalized spacial score (nSPS) is 20.2. The average Bonchev–Trinajstić information content (AvgIpc) is 3.07. The largest absolute Gasteiger partial charge is 0.393 e. The minimum absolute atomic E-state index is 0.0114. The zero-order chi connectivity index (χ0) is 18.8. The molecule has 1 aliphatic carbocycles. The van der Waals surface area contributed by atoms with E-state index in [-0.39, 0.29) is 24.0 Å². The Morgan fingerprint density at radius 3 is 2.89 bits per heavy atom. The second kappa shape index (κ2) is 7.48. The number of nitrogens with one attached hydrogen (secondary N) is 1. The summed E-state index contributed by atoms with van der Waals surface area (Å²) in [6.45, 7) is 2.48. The molecule has 140 valence electrons. The predicted octanol–water partition coefficient (Wildman–Crippen LogP) is 2.76. The first-order valence-electron chi connectivity index (χ1n) is 9.40. The summed E-state index contributed by atoms with van der Waals surface area (Å²) >= 11 is 0. The predicted molar refractivity (Wildman–Crippen MR) is 103 cm³/mol. The fourth-order valence-corrected chi connectivity index (χ4v) is 3.68. The number of amides is 1. The minimum atomic E-state index is -0.269. The van der Waals surface area contributed by atoms with Gasteiger partial charge in [-0.3, -0.25) is 14.5 Å². The van der Waals surface area contributed by atoms with Gasteiger partial charge in [0.25, 0.3) is 0 Å². The van der Waals surface area contributed by atoms with E-state index in [2.05, 4.69) is 21.5 Å². The number of carbonyl (C=O) groups is 1. The molecule has 1 amide bonds. The number of benzene rings is 1. The zero-order valence-electron chi connectivity index (χ0n) is 15.4. The van der Waals surface area contributed by atoms with E-state index in [9.17, 15) is 9.90 Å². The van der Waals surface area contributed by atoms with E-state index in [0.29, 0.717) is 25.8 Å². The van der Waals surface area contributed by atoms with E-state index in [4.69, 9.17) is 0 Å². The van der Waals surface area contributed by atoms with Gasteiger partial charge in [-0.2, -0.15) is 5.10 Å². The molecule has 1 atom stereocenters. The summed E-state index contributed by atoms with van der Waals surface area (Å²) in [5, 5.41) is 18.3. The van der Waals surface area contributed by atoms with Gasteiger partial charge in [-0.15, -0.1) is 0 Å². The van der Waals surface area contributed by atoms with Crippen molar-refractivity contribution in [1.29, 1.82) is 0 Å². The summed E-state index contributed by atoms with van der Waals surface area (Å²) in [7, 11) is 0. The van der Waals surface area contributed by atoms with Crippen molar-refractivity contribution in [2.45, 2.75) is 44.9 Å². The van der Waals surface area contributed by atoms with E-state index in [1.807, 2.05) is 49.6 Å². The fourth-order valence-electron chi connectivity index (χ4n) is 3.68. The summed E-state index contributed by atoms with van der Waals surface area (Å²) in [6.07, 6.45) is 5.24. The highest BCUT2D eigenvalue weighted by Crippen LogP contribution is 2.38. The van der Waals surface area contributed by atoms with Crippen LogP contribution >= 0.6 is 0 Å². The van der Waals surface area contributed by atoms with Crippen molar-refractivity contribution in [3.05, 3.63) is 60.0 Å². The number of carbonyl (C=O) groups excluding carboxylic acids is 1. The third-order valence-electron chi connectivity index (χ3n) is 5.25. The monoisotopic (exact) mass is 364 g/mol. The van der Waals surface area contributed by atoms with Crippen LogP contribution in [0.15, 0.2) is 48.8 Å². The third-order valence-corrected chi connectivity index (χ3v) is 5.25. The average molecular weight is 364 g/mol. The first-order chi connectivity index (χ1) is 13.1. The fraction of sp³-hybridized carbons (Fsp3) is 0.381. The smallest absolute Gasteiger partial charge is 0.222 e. The Labute approximate surface area is 158 Å². The van der Waals surface area contributed by atoms with Crippen LogP contribution in [0.5, 0.6) is 0 Å². The van der Waals surface area contributed by atoms with E-state index in [1.165, 1.54) is 0 Å². The highest BCUT2D eigenvalue weighted by atomic mass is 16.3. The third kappa shape index (κ3) is 4.01. The lowest BCUT2D eigenvalue weighted by Crippen LogP contribution is -2.41. The maximum atomic E-state index is 12.6. The first-order valence-corrected chi connectivity index (χ1v) is 9.40. The second-order valence-electron chi connectivity index (χ2n) is 7.36. The Balaban J connectivity index is 1.49. The first kappa shape index (κ1) is 17.7. The summed E-state index contributed by atoms with van der Waals surface area (Å²) < 4.78 is 1.79. The molecule has 6 heteroatoms. The van der Waals surface area contributed by atoms with Crippen molar-refractivity contribution in [3.8, 4) is 0 Å². The van der Waals surface area contributed by atoms with Crippen LogP contribution in [0.4, 0.5) is 0 Å². The maximum absolute atomic E-state index is 12.6. The van der Waals surface area contributed by atoms with Crippen LogP contribution in [0.1, 0.15) is 36.6 Å². The Morgan fingerprint density at radius 1 is 1.33 bits per heavy atom. The van der Waals surface area contributed by atoms with Gasteiger partial charge < -0.3 is 10.4 Å². The Kier molecular flexibility index (Phi) is 4.90. The van der Waals surface area contributed by atoms with Gasteiger partial charge in [-0.05, 0) is 49.4 Å². The number of aliphatic hydroxyl groups is 1. The van der Waals surface area contributed by atoms with Crippen molar-refractivity contribution >= 4 is 16.8 Å². The molecule has 0 radical (unpaired) electrons. The topological polar surface area (TPSA) is 80.0 Å². The number of aromatic nitrogens is 3. The van der Waals surface area contributed by atoms with Crippen molar-refractivity contribution in [1.82, 2.24) is 20.1 Å². The number of aliphatic hydroxyl groups excluding tert-OH is 1. The van der Waals surface area contributed by atoms with Crippen LogP contribution in [-0.4, -0.2) is 31.9 Å². The molecular formula is C21H24N4O2. The molecule has 2 heterocycles. The van der Waals surface area contributed by atoms with Gasteiger partial charge >= 0.3 is 0 Å². The molecule has 2 N–H and O–H groups in total. The van der Waals surface area contributed by atoms with Gasteiger partial charge in [0.1, 0.15) is 0 Å². The molecule has 3 aromatic rings. The van der Waals surface area contributed by atoms with Crippen LogP contribution in [0.2, 0.25) is 0 Å². The van der Waals surface area contributed by atoms with E-state index in [1.54, 1.807) is 4.68 Å². The minimum Gasteiger partial charge on any atom is -0.393 e. The maximum Gasteiger partial charge on any atom is 0.222 e.